The molecule has 0 saturated heterocycles. The van der Waals surface area contributed by atoms with E-state index in [1.165, 1.54) is 11.1 Å². The molecule has 0 fully saturated rings. The number of hydrogen-bond acceptors (Lipinski definition) is 0. The third-order valence-corrected chi connectivity index (χ3v) is 3.73. The number of hydrogen-bond donors (Lipinski definition) is 0. The lowest BCUT2D eigenvalue weighted by atomic mass is 9.90. The van der Waals surface area contributed by atoms with Crippen molar-refractivity contribution in [3.05, 3.63) is 69.7 Å². The Labute approximate surface area is 131 Å². The van der Waals surface area contributed by atoms with Crippen molar-refractivity contribution in [2.24, 2.45) is 0 Å². The smallest absolute Gasteiger partial charge is 0.0406 e. The average Bonchev–Trinajstić information content (AvgIpc) is 2.39. The summed E-state index contributed by atoms with van der Waals surface area (Å²) in [5, 5.41) is 1.58. The first-order valence-electron chi connectivity index (χ1n) is 6.19. The maximum Gasteiger partial charge on any atom is 0.0406 e. The summed E-state index contributed by atoms with van der Waals surface area (Å²) in [4.78, 5) is 0. The van der Waals surface area contributed by atoms with Crippen molar-refractivity contribution in [2.45, 2.75) is 25.7 Å². The Balaban J connectivity index is 0.00000180. The van der Waals surface area contributed by atoms with Crippen LogP contribution < -0.4 is 0 Å². The second-order valence-electron chi connectivity index (χ2n) is 4.49. The van der Waals surface area contributed by atoms with Gasteiger partial charge in [-0.2, -0.15) is 0 Å². The van der Waals surface area contributed by atoms with Gasteiger partial charge >= 0.3 is 0 Å². The minimum atomic E-state index is 0. The lowest BCUT2D eigenvalue weighted by Gasteiger charge is -2.15. The van der Waals surface area contributed by atoms with Crippen LogP contribution in [0.4, 0.5) is 0 Å². The van der Waals surface area contributed by atoms with Gasteiger partial charge < -0.3 is 0 Å². The Bertz CT molecular complexity index is 488. The predicted octanol–water partition coefficient (Wildman–Crippen LogP) is 6.15. The second-order valence-corrected chi connectivity index (χ2v) is 5.36. The zero-order valence-corrected chi connectivity index (χ0v) is 13.1. The molecule has 2 rings (SSSR count). The van der Waals surface area contributed by atoms with Crippen molar-refractivity contribution >= 4 is 35.6 Å². The van der Waals surface area contributed by atoms with Crippen LogP contribution in [-0.2, 0) is 6.42 Å². The molecule has 0 amide bonds. The molecule has 0 aromatic heterocycles. The van der Waals surface area contributed by atoms with Crippen LogP contribution in [0.3, 0.4) is 0 Å². The quantitative estimate of drug-likeness (QED) is 0.634. The van der Waals surface area contributed by atoms with Crippen LogP contribution in [0.1, 0.15) is 30.4 Å². The monoisotopic (exact) mass is 314 g/mol. The van der Waals surface area contributed by atoms with Gasteiger partial charge in [-0.05, 0) is 54.2 Å². The van der Waals surface area contributed by atoms with Crippen molar-refractivity contribution in [1.82, 2.24) is 0 Å². The highest BCUT2D eigenvalue weighted by atomic mass is 35.5. The van der Waals surface area contributed by atoms with Crippen LogP contribution in [0.15, 0.2) is 48.5 Å². The molecule has 0 N–H and O–H groups in total. The number of benzene rings is 2. The molecule has 1 unspecified atom stereocenters. The van der Waals surface area contributed by atoms with Crippen molar-refractivity contribution in [1.29, 1.82) is 0 Å². The normalized spacial score (nSPS) is 11.7. The highest BCUT2D eigenvalue weighted by molar-refractivity contribution is 6.30. The Morgan fingerprint density at radius 1 is 0.842 bits per heavy atom. The molecule has 0 spiro atoms. The van der Waals surface area contributed by atoms with Gasteiger partial charge in [0.05, 0.1) is 0 Å². The maximum absolute atomic E-state index is 5.92. The summed E-state index contributed by atoms with van der Waals surface area (Å²) in [6.07, 6.45) is 2.15. The Morgan fingerprint density at radius 2 is 1.32 bits per heavy atom. The van der Waals surface area contributed by atoms with E-state index < -0.39 is 0 Å². The third kappa shape index (κ3) is 4.72. The SMILES string of the molecule is CCC(Cc1ccc(Cl)cc1)c1ccc(Cl)cc1.Cl. The fourth-order valence-electron chi connectivity index (χ4n) is 2.14. The van der Waals surface area contributed by atoms with Crippen molar-refractivity contribution in [3.8, 4) is 0 Å². The molecule has 0 aliphatic carbocycles. The van der Waals surface area contributed by atoms with E-state index in [1.807, 2.05) is 24.3 Å². The van der Waals surface area contributed by atoms with Crippen molar-refractivity contribution in [2.75, 3.05) is 0 Å². The van der Waals surface area contributed by atoms with E-state index in [2.05, 4.69) is 31.2 Å². The molecule has 0 bridgehead atoms. The number of halogens is 3. The van der Waals surface area contributed by atoms with E-state index in [4.69, 9.17) is 23.2 Å². The van der Waals surface area contributed by atoms with Crippen LogP contribution in [-0.4, -0.2) is 0 Å². The standard InChI is InChI=1S/C16H16Cl2.ClH/c1-2-13(14-5-9-16(18)10-6-14)11-12-3-7-15(17)8-4-12;/h3-10,13H,2,11H2,1H3;1H. The van der Waals surface area contributed by atoms with Crippen LogP contribution in [0.25, 0.3) is 0 Å². The Morgan fingerprint density at radius 3 is 1.79 bits per heavy atom. The first-order chi connectivity index (χ1) is 8.69. The minimum Gasteiger partial charge on any atom is -0.147 e. The fourth-order valence-corrected chi connectivity index (χ4v) is 2.39. The van der Waals surface area contributed by atoms with E-state index in [0.29, 0.717) is 5.92 Å². The van der Waals surface area contributed by atoms with Gasteiger partial charge in [0, 0.05) is 10.0 Å². The van der Waals surface area contributed by atoms with Crippen LogP contribution in [0, 0.1) is 0 Å². The highest BCUT2D eigenvalue weighted by Crippen LogP contribution is 2.26. The van der Waals surface area contributed by atoms with Crippen LogP contribution >= 0.6 is 35.6 Å². The molecule has 1 atom stereocenters. The van der Waals surface area contributed by atoms with Gasteiger partial charge in [0.25, 0.3) is 0 Å². The van der Waals surface area contributed by atoms with E-state index in [-0.39, 0.29) is 12.4 Å². The molecule has 0 heterocycles. The molecule has 0 saturated carbocycles. The summed E-state index contributed by atoms with van der Waals surface area (Å²) >= 11 is 11.8. The van der Waals surface area contributed by atoms with E-state index in [9.17, 15) is 0 Å². The molecule has 2 aromatic rings. The number of rotatable bonds is 4. The molecule has 102 valence electrons. The first kappa shape index (κ1) is 16.4. The first-order valence-corrected chi connectivity index (χ1v) is 6.94. The van der Waals surface area contributed by atoms with Crippen LogP contribution in [0.2, 0.25) is 10.0 Å². The summed E-state index contributed by atoms with van der Waals surface area (Å²) in [5.74, 6) is 0.531. The molecule has 19 heavy (non-hydrogen) atoms. The zero-order valence-electron chi connectivity index (χ0n) is 10.8. The largest absolute Gasteiger partial charge is 0.147 e. The molecular weight excluding hydrogens is 299 g/mol. The summed E-state index contributed by atoms with van der Waals surface area (Å²) in [6, 6.07) is 16.3. The molecule has 2 aromatic carbocycles. The lowest BCUT2D eigenvalue weighted by molar-refractivity contribution is 0.660. The topological polar surface area (TPSA) is 0 Å². The van der Waals surface area contributed by atoms with Crippen molar-refractivity contribution < 1.29 is 0 Å². The van der Waals surface area contributed by atoms with Gasteiger partial charge in [0.2, 0.25) is 0 Å². The molecule has 3 heteroatoms. The van der Waals surface area contributed by atoms with Gasteiger partial charge in [-0.3, -0.25) is 0 Å². The van der Waals surface area contributed by atoms with Crippen molar-refractivity contribution in [3.63, 3.8) is 0 Å². The summed E-state index contributed by atoms with van der Waals surface area (Å²) < 4.78 is 0. The molecule has 0 aliphatic heterocycles. The predicted molar refractivity (Wildman–Crippen MR) is 86.9 cm³/mol. The van der Waals surface area contributed by atoms with E-state index >= 15 is 0 Å². The summed E-state index contributed by atoms with van der Waals surface area (Å²) in [5.41, 5.74) is 2.66. The maximum atomic E-state index is 5.92. The Hall–Kier alpha value is -0.690. The summed E-state index contributed by atoms with van der Waals surface area (Å²) in [6.45, 7) is 2.22. The highest BCUT2D eigenvalue weighted by Gasteiger charge is 2.10. The average molecular weight is 316 g/mol. The van der Waals surface area contributed by atoms with Gasteiger partial charge in [0.15, 0.2) is 0 Å². The minimum absolute atomic E-state index is 0. The molecular formula is C16H17Cl3. The van der Waals surface area contributed by atoms with Gasteiger partial charge in [-0.25, -0.2) is 0 Å². The lowest BCUT2D eigenvalue weighted by Crippen LogP contribution is -2.01. The second kappa shape index (κ2) is 7.79. The molecule has 0 aliphatic rings. The van der Waals surface area contributed by atoms with Crippen LogP contribution in [0.5, 0.6) is 0 Å². The Kier molecular flexibility index (Phi) is 6.71. The van der Waals surface area contributed by atoms with E-state index in [1.54, 1.807) is 0 Å². The van der Waals surface area contributed by atoms with Gasteiger partial charge in [-0.15, -0.1) is 12.4 Å². The summed E-state index contributed by atoms with van der Waals surface area (Å²) in [7, 11) is 0. The van der Waals surface area contributed by atoms with Gasteiger partial charge in [-0.1, -0.05) is 54.4 Å². The molecule has 0 radical (unpaired) electrons. The zero-order chi connectivity index (χ0) is 13.0. The molecule has 0 nitrogen and oxygen atoms in total. The van der Waals surface area contributed by atoms with E-state index in [0.717, 1.165) is 22.9 Å². The van der Waals surface area contributed by atoms with Gasteiger partial charge in [0.1, 0.15) is 0 Å². The third-order valence-electron chi connectivity index (χ3n) is 3.23. The fraction of sp³-hybridized carbons (Fsp3) is 0.250.